The number of methoxy groups -OCH3 is 3. The molecule has 0 aliphatic carbocycles. The number of ether oxygens (including phenoxy) is 3. The van der Waals surface area contributed by atoms with Gasteiger partial charge in [0.15, 0.2) is 0 Å². The number of carbonyl (C=O) groups excluding carboxylic acids is 3. The Balaban J connectivity index is 1.99. The molecule has 0 saturated carbocycles. The van der Waals surface area contributed by atoms with E-state index >= 15 is 0 Å². The molecule has 2 aromatic rings. The maximum atomic E-state index is 12.8. The van der Waals surface area contributed by atoms with E-state index in [4.69, 9.17) is 14.2 Å². The molecule has 1 N–H and O–H groups in total. The Kier molecular flexibility index (Phi) is 7.07. The Bertz CT molecular complexity index is 1130. The number of hydrogen-bond donors (Lipinski definition) is 1. The predicted octanol–water partition coefficient (Wildman–Crippen LogP) is 3.44. The van der Waals surface area contributed by atoms with Crippen LogP contribution in [-0.2, 0) is 19.1 Å². The van der Waals surface area contributed by atoms with E-state index in [0.29, 0.717) is 22.7 Å². The Morgan fingerprint density at radius 2 is 1.62 bits per heavy atom. The van der Waals surface area contributed by atoms with E-state index in [0.717, 1.165) is 0 Å². The molecule has 0 atom stereocenters. The number of nitrogens with zero attached hydrogens (tertiary/aromatic N) is 1. The Hall–Kier alpha value is -4.33. The summed E-state index contributed by atoms with van der Waals surface area (Å²) in [7, 11) is 3.95. The number of nitrogens with one attached hydrogen (secondary N) is 1. The van der Waals surface area contributed by atoms with Crippen molar-refractivity contribution in [3.63, 3.8) is 0 Å². The van der Waals surface area contributed by atoms with Gasteiger partial charge in [0.1, 0.15) is 11.4 Å². The van der Waals surface area contributed by atoms with Crippen molar-refractivity contribution in [2.75, 3.05) is 31.5 Å². The van der Waals surface area contributed by atoms with Gasteiger partial charge in [-0.05, 0) is 42.5 Å². The summed E-state index contributed by atoms with van der Waals surface area (Å²) in [5.74, 6) is -1.31. The minimum absolute atomic E-state index is 0.0162. The van der Waals surface area contributed by atoms with Gasteiger partial charge in [-0.15, -0.1) is 0 Å². The van der Waals surface area contributed by atoms with Crippen LogP contribution in [0.2, 0.25) is 0 Å². The average Bonchev–Trinajstić information content (AvgIpc) is 3.06. The van der Waals surface area contributed by atoms with E-state index in [1.54, 1.807) is 66.9 Å². The molecule has 0 bridgehead atoms. The zero-order valence-electron chi connectivity index (χ0n) is 17.8. The van der Waals surface area contributed by atoms with Gasteiger partial charge in [0.25, 0.3) is 5.91 Å². The number of amides is 1. The molecule has 1 heterocycles. The monoisotopic (exact) mass is 434 g/mol. The smallest absolute Gasteiger partial charge is 0.355 e. The molecule has 8 heteroatoms. The van der Waals surface area contributed by atoms with Crippen molar-refractivity contribution in [3.8, 4) is 5.75 Å². The summed E-state index contributed by atoms with van der Waals surface area (Å²) in [6.07, 6.45) is 6.36. The lowest BCUT2D eigenvalue weighted by Gasteiger charge is -2.23. The van der Waals surface area contributed by atoms with Gasteiger partial charge in [-0.2, -0.15) is 0 Å². The minimum Gasteiger partial charge on any atom is -0.496 e. The Morgan fingerprint density at radius 1 is 0.875 bits per heavy atom. The Labute approximate surface area is 185 Å². The van der Waals surface area contributed by atoms with Crippen molar-refractivity contribution in [1.29, 1.82) is 0 Å². The van der Waals surface area contributed by atoms with E-state index in [9.17, 15) is 14.4 Å². The number of rotatable bonds is 6. The second kappa shape index (κ2) is 10.1. The van der Waals surface area contributed by atoms with Crippen molar-refractivity contribution in [3.05, 3.63) is 89.8 Å². The topological polar surface area (TPSA) is 94.2 Å². The highest BCUT2D eigenvalue weighted by Gasteiger charge is 2.27. The highest BCUT2D eigenvalue weighted by atomic mass is 16.5. The van der Waals surface area contributed by atoms with Crippen LogP contribution < -0.4 is 15.0 Å². The molecule has 1 amide bonds. The van der Waals surface area contributed by atoms with Crippen LogP contribution in [0.5, 0.6) is 5.75 Å². The first kappa shape index (κ1) is 22.4. The van der Waals surface area contributed by atoms with E-state index in [-0.39, 0.29) is 17.2 Å². The first-order chi connectivity index (χ1) is 15.5. The summed E-state index contributed by atoms with van der Waals surface area (Å²) in [5, 5.41) is 2.82. The van der Waals surface area contributed by atoms with Gasteiger partial charge >= 0.3 is 11.9 Å². The van der Waals surface area contributed by atoms with Gasteiger partial charge in [-0.25, -0.2) is 9.59 Å². The summed E-state index contributed by atoms with van der Waals surface area (Å²) >= 11 is 0. The normalized spacial score (nSPS) is 12.8. The molecular formula is C24H22N2O6. The molecule has 3 rings (SSSR count). The van der Waals surface area contributed by atoms with Gasteiger partial charge < -0.3 is 24.4 Å². The number of allylic oxidation sites excluding steroid dienone is 2. The number of para-hydroxylation sites is 1. The van der Waals surface area contributed by atoms with Gasteiger partial charge in [0.05, 0.1) is 32.5 Å². The van der Waals surface area contributed by atoms with Crippen LogP contribution in [0.25, 0.3) is 0 Å². The fraction of sp³-hybridized carbons (Fsp3) is 0.125. The lowest BCUT2D eigenvalue weighted by Crippen LogP contribution is -2.27. The number of carbonyl (C=O) groups is 3. The Morgan fingerprint density at radius 3 is 2.34 bits per heavy atom. The molecule has 0 spiro atoms. The van der Waals surface area contributed by atoms with Crippen molar-refractivity contribution >= 4 is 29.2 Å². The van der Waals surface area contributed by atoms with E-state index in [2.05, 4.69) is 5.32 Å². The maximum Gasteiger partial charge on any atom is 0.355 e. The SMILES string of the molecule is COC(=O)C1=C(C(=O)OC)N(c2cccc(NC(=O)c3ccccc3OC)c2)C=CC=C1. The van der Waals surface area contributed by atoms with E-state index < -0.39 is 11.9 Å². The summed E-state index contributed by atoms with van der Waals surface area (Å²) in [6, 6.07) is 13.7. The van der Waals surface area contributed by atoms with Crippen molar-refractivity contribution in [2.24, 2.45) is 0 Å². The molecular weight excluding hydrogens is 412 g/mol. The second-order valence-corrected chi connectivity index (χ2v) is 6.52. The third kappa shape index (κ3) is 4.70. The molecule has 1 aliphatic heterocycles. The maximum absolute atomic E-state index is 12.8. The van der Waals surface area contributed by atoms with Gasteiger partial charge in [0.2, 0.25) is 0 Å². The van der Waals surface area contributed by atoms with Gasteiger partial charge in [-0.1, -0.05) is 24.3 Å². The van der Waals surface area contributed by atoms with Crippen LogP contribution in [-0.4, -0.2) is 39.2 Å². The van der Waals surface area contributed by atoms with Crippen LogP contribution in [0.3, 0.4) is 0 Å². The molecule has 0 unspecified atom stereocenters. The highest BCUT2D eigenvalue weighted by Crippen LogP contribution is 2.29. The number of benzene rings is 2. The first-order valence-corrected chi connectivity index (χ1v) is 9.59. The van der Waals surface area contributed by atoms with Crippen LogP contribution in [0.4, 0.5) is 11.4 Å². The molecule has 0 radical (unpaired) electrons. The van der Waals surface area contributed by atoms with Crippen molar-refractivity contribution in [1.82, 2.24) is 0 Å². The summed E-state index contributed by atoms with van der Waals surface area (Å²) < 4.78 is 15.0. The second-order valence-electron chi connectivity index (χ2n) is 6.52. The lowest BCUT2D eigenvalue weighted by molar-refractivity contribution is -0.139. The fourth-order valence-electron chi connectivity index (χ4n) is 3.13. The van der Waals surface area contributed by atoms with E-state index in [1.165, 1.54) is 32.3 Å². The summed E-state index contributed by atoms with van der Waals surface area (Å²) in [5.41, 5.74) is 1.39. The third-order valence-electron chi connectivity index (χ3n) is 4.62. The largest absolute Gasteiger partial charge is 0.496 e. The molecule has 8 nitrogen and oxygen atoms in total. The zero-order valence-corrected chi connectivity index (χ0v) is 17.8. The molecule has 0 aromatic heterocycles. The lowest BCUT2D eigenvalue weighted by atomic mass is 10.1. The average molecular weight is 434 g/mol. The highest BCUT2D eigenvalue weighted by molar-refractivity contribution is 6.07. The zero-order chi connectivity index (χ0) is 23.1. The number of esters is 2. The summed E-state index contributed by atoms with van der Waals surface area (Å²) in [6.45, 7) is 0. The number of hydrogen-bond acceptors (Lipinski definition) is 7. The molecule has 0 saturated heterocycles. The molecule has 2 aromatic carbocycles. The number of anilines is 2. The molecule has 164 valence electrons. The van der Waals surface area contributed by atoms with Crippen molar-refractivity contribution in [2.45, 2.75) is 0 Å². The van der Waals surface area contributed by atoms with Crippen LogP contribution in [0.15, 0.2) is 84.2 Å². The predicted molar refractivity (Wildman–Crippen MR) is 119 cm³/mol. The third-order valence-corrected chi connectivity index (χ3v) is 4.62. The quantitative estimate of drug-likeness (QED) is 0.696. The fourth-order valence-corrected chi connectivity index (χ4v) is 3.13. The molecule has 0 fully saturated rings. The van der Waals surface area contributed by atoms with Crippen LogP contribution in [0, 0.1) is 0 Å². The van der Waals surface area contributed by atoms with Crippen molar-refractivity contribution < 1.29 is 28.6 Å². The van der Waals surface area contributed by atoms with Gasteiger partial charge in [0, 0.05) is 17.6 Å². The van der Waals surface area contributed by atoms with Gasteiger partial charge in [-0.3, -0.25) is 4.79 Å². The minimum atomic E-state index is -0.718. The summed E-state index contributed by atoms with van der Waals surface area (Å²) in [4.78, 5) is 39.1. The standard InChI is InChI=1S/C24H22N2O6/c1-30-20-13-5-4-11-18(20)22(27)25-16-9-8-10-17(15-16)26-14-7-6-12-19(23(28)31-2)21(26)24(29)32-3/h4-15H,1-3H3,(H,25,27). The first-order valence-electron chi connectivity index (χ1n) is 9.59. The molecule has 32 heavy (non-hydrogen) atoms. The molecule has 1 aliphatic rings. The van der Waals surface area contributed by atoms with E-state index in [1.807, 2.05) is 0 Å². The van der Waals surface area contributed by atoms with Crippen LogP contribution >= 0.6 is 0 Å². The van der Waals surface area contributed by atoms with Crippen LogP contribution in [0.1, 0.15) is 10.4 Å².